The van der Waals surface area contributed by atoms with E-state index in [1.54, 1.807) is 17.2 Å². The van der Waals surface area contributed by atoms with E-state index < -0.39 is 0 Å². The smallest absolute Gasteiger partial charge is 0.244 e. The van der Waals surface area contributed by atoms with Crippen LogP contribution in [0.25, 0.3) is 0 Å². The largest absolute Gasteiger partial charge is 0.340 e. The Morgan fingerprint density at radius 3 is 2.96 bits per heavy atom. The molecular weight excluding hydrogens is 376 g/mol. The van der Waals surface area contributed by atoms with Gasteiger partial charge in [0.05, 0.1) is 5.92 Å². The summed E-state index contributed by atoms with van der Waals surface area (Å²) in [5, 5.41) is 6.74. The second kappa shape index (κ2) is 7.52. The lowest BCUT2D eigenvalue weighted by Crippen LogP contribution is -2.45. The molecule has 3 rings (SSSR count). The molecule has 2 aromatic heterocycles. The van der Waals surface area contributed by atoms with Crippen LogP contribution in [0.2, 0.25) is 0 Å². The van der Waals surface area contributed by atoms with Gasteiger partial charge in [0.15, 0.2) is 0 Å². The summed E-state index contributed by atoms with van der Waals surface area (Å²) >= 11 is 3.31. The van der Waals surface area contributed by atoms with Crippen molar-refractivity contribution in [3.05, 3.63) is 35.5 Å². The van der Waals surface area contributed by atoms with Gasteiger partial charge in [0.2, 0.25) is 11.8 Å². The third-order valence-electron chi connectivity index (χ3n) is 3.89. The molecule has 1 aliphatic rings. The topological polar surface area (TPSA) is 93.0 Å². The first kappa shape index (κ1) is 16.6. The fourth-order valence-corrected chi connectivity index (χ4v) is 2.88. The van der Waals surface area contributed by atoms with Gasteiger partial charge in [0, 0.05) is 23.8 Å². The standard InChI is InChI=1S/C15H17BrN6O2/c16-12-3-4-13(18-6-12)20-15(24)11-2-1-5-21(7-11)14(23)8-22-10-17-9-19-22/h3-4,6,9-11H,1-2,5,7-8H2,(H,18,20,24). The Bertz CT molecular complexity index is 703. The molecule has 1 aliphatic heterocycles. The predicted molar refractivity (Wildman–Crippen MR) is 89.9 cm³/mol. The number of anilines is 1. The average Bonchev–Trinajstić information content (AvgIpc) is 3.10. The lowest BCUT2D eigenvalue weighted by atomic mass is 9.97. The molecule has 1 unspecified atom stereocenters. The summed E-state index contributed by atoms with van der Waals surface area (Å²) in [7, 11) is 0. The molecule has 3 heterocycles. The van der Waals surface area contributed by atoms with Crippen LogP contribution in [0.1, 0.15) is 12.8 Å². The molecule has 24 heavy (non-hydrogen) atoms. The highest BCUT2D eigenvalue weighted by atomic mass is 79.9. The van der Waals surface area contributed by atoms with Gasteiger partial charge in [-0.25, -0.2) is 14.6 Å². The number of carbonyl (C=O) groups is 2. The normalized spacial score (nSPS) is 17.5. The van der Waals surface area contributed by atoms with Gasteiger partial charge in [-0.1, -0.05) is 0 Å². The van der Waals surface area contributed by atoms with Gasteiger partial charge in [-0.15, -0.1) is 0 Å². The van der Waals surface area contributed by atoms with Crippen molar-refractivity contribution in [3.63, 3.8) is 0 Å². The van der Waals surface area contributed by atoms with E-state index in [0.717, 1.165) is 17.3 Å². The van der Waals surface area contributed by atoms with Crippen LogP contribution < -0.4 is 5.32 Å². The number of nitrogens with one attached hydrogen (secondary N) is 1. The van der Waals surface area contributed by atoms with Crippen LogP contribution in [0.4, 0.5) is 5.82 Å². The SMILES string of the molecule is O=C(Nc1ccc(Br)cn1)C1CCCN(C(=O)Cn2cncn2)C1. The van der Waals surface area contributed by atoms with Gasteiger partial charge in [0.25, 0.3) is 0 Å². The number of nitrogens with zero attached hydrogens (tertiary/aromatic N) is 5. The quantitative estimate of drug-likeness (QED) is 0.846. The average molecular weight is 393 g/mol. The van der Waals surface area contributed by atoms with Gasteiger partial charge < -0.3 is 10.2 Å². The molecule has 0 aliphatic carbocycles. The fourth-order valence-electron chi connectivity index (χ4n) is 2.65. The Balaban J connectivity index is 1.57. The lowest BCUT2D eigenvalue weighted by molar-refractivity contribution is -0.135. The second-order valence-corrected chi connectivity index (χ2v) is 6.54. The van der Waals surface area contributed by atoms with E-state index in [-0.39, 0.29) is 24.3 Å². The molecule has 0 bridgehead atoms. The van der Waals surface area contributed by atoms with Gasteiger partial charge in [0.1, 0.15) is 25.0 Å². The Hall–Kier alpha value is -2.29. The molecule has 1 fully saturated rings. The van der Waals surface area contributed by atoms with Crippen molar-refractivity contribution in [1.29, 1.82) is 0 Å². The van der Waals surface area contributed by atoms with E-state index in [2.05, 4.69) is 36.3 Å². The van der Waals surface area contributed by atoms with Crippen LogP contribution in [-0.4, -0.2) is 49.6 Å². The number of halogens is 1. The predicted octanol–water partition coefficient (Wildman–Crippen LogP) is 1.31. The Morgan fingerprint density at radius 1 is 1.38 bits per heavy atom. The first-order chi connectivity index (χ1) is 11.6. The summed E-state index contributed by atoms with van der Waals surface area (Å²) < 4.78 is 2.33. The first-order valence-corrected chi connectivity index (χ1v) is 8.44. The number of carbonyl (C=O) groups excluding carboxylic acids is 2. The van der Waals surface area contributed by atoms with Crippen molar-refractivity contribution in [2.45, 2.75) is 19.4 Å². The molecule has 2 amide bonds. The van der Waals surface area contributed by atoms with E-state index in [1.807, 2.05) is 6.07 Å². The maximum Gasteiger partial charge on any atom is 0.244 e. The van der Waals surface area contributed by atoms with Crippen molar-refractivity contribution in [3.8, 4) is 0 Å². The molecule has 0 spiro atoms. The van der Waals surface area contributed by atoms with Gasteiger partial charge >= 0.3 is 0 Å². The molecule has 1 atom stereocenters. The van der Waals surface area contributed by atoms with E-state index in [1.165, 1.54) is 17.3 Å². The fraction of sp³-hybridized carbons (Fsp3) is 0.400. The minimum Gasteiger partial charge on any atom is -0.340 e. The Labute approximate surface area is 147 Å². The molecule has 0 saturated carbocycles. The van der Waals surface area contributed by atoms with Gasteiger partial charge in [-0.2, -0.15) is 5.10 Å². The van der Waals surface area contributed by atoms with E-state index in [0.29, 0.717) is 18.9 Å². The summed E-state index contributed by atoms with van der Waals surface area (Å²) in [6, 6.07) is 3.55. The molecule has 0 aromatic carbocycles. The number of hydrogen-bond acceptors (Lipinski definition) is 5. The number of hydrogen-bond donors (Lipinski definition) is 1. The highest BCUT2D eigenvalue weighted by Crippen LogP contribution is 2.19. The van der Waals surface area contributed by atoms with Gasteiger partial charge in [-0.05, 0) is 40.9 Å². The highest BCUT2D eigenvalue weighted by molar-refractivity contribution is 9.10. The monoisotopic (exact) mass is 392 g/mol. The molecular formula is C15H17BrN6O2. The second-order valence-electron chi connectivity index (χ2n) is 5.62. The molecule has 9 heteroatoms. The maximum atomic E-state index is 12.4. The highest BCUT2D eigenvalue weighted by Gasteiger charge is 2.28. The third kappa shape index (κ3) is 4.16. The van der Waals surface area contributed by atoms with E-state index >= 15 is 0 Å². The summed E-state index contributed by atoms with van der Waals surface area (Å²) in [6.45, 7) is 1.21. The van der Waals surface area contributed by atoms with Gasteiger partial charge in [-0.3, -0.25) is 9.59 Å². The Morgan fingerprint density at radius 2 is 2.25 bits per heavy atom. The van der Waals surface area contributed by atoms with Crippen LogP contribution in [-0.2, 0) is 16.1 Å². The molecule has 1 saturated heterocycles. The summed E-state index contributed by atoms with van der Waals surface area (Å²) in [5.74, 6) is 0.112. The molecule has 1 N–H and O–H groups in total. The molecule has 0 radical (unpaired) electrons. The third-order valence-corrected chi connectivity index (χ3v) is 4.36. The number of rotatable bonds is 4. The van der Waals surface area contributed by atoms with Crippen LogP contribution in [0, 0.1) is 5.92 Å². The summed E-state index contributed by atoms with van der Waals surface area (Å²) in [4.78, 5) is 34.4. The number of pyridine rings is 1. The molecule has 2 aromatic rings. The van der Waals surface area contributed by atoms with Crippen molar-refractivity contribution in [1.82, 2.24) is 24.6 Å². The van der Waals surface area contributed by atoms with Crippen LogP contribution in [0.15, 0.2) is 35.5 Å². The number of aromatic nitrogens is 4. The van der Waals surface area contributed by atoms with E-state index in [9.17, 15) is 9.59 Å². The summed E-state index contributed by atoms with van der Waals surface area (Å²) in [6.07, 6.45) is 6.09. The van der Waals surface area contributed by atoms with Crippen molar-refractivity contribution < 1.29 is 9.59 Å². The van der Waals surface area contributed by atoms with Crippen molar-refractivity contribution in [2.75, 3.05) is 18.4 Å². The number of likely N-dealkylation sites (tertiary alicyclic amines) is 1. The zero-order chi connectivity index (χ0) is 16.9. The molecule has 126 valence electrons. The lowest BCUT2D eigenvalue weighted by Gasteiger charge is -2.32. The van der Waals surface area contributed by atoms with Crippen LogP contribution in [0.3, 0.4) is 0 Å². The first-order valence-electron chi connectivity index (χ1n) is 7.64. The number of amides is 2. The van der Waals surface area contributed by atoms with E-state index in [4.69, 9.17) is 0 Å². The van der Waals surface area contributed by atoms with Crippen LogP contribution in [0.5, 0.6) is 0 Å². The van der Waals surface area contributed by atoms with Crippen molar-refractivity contribution in [2.24, 2.45) is 5.92 Å². The molecule has 8 nitrogen and oxygen atoms in total. The minimum atomic E-state index is -0.233. The summed E-state index contributed by atoms with van der Waals surface area (Å²) in [5.41, 5.74) is 0. The number of piperidine rings is 1. The zero-order valence-corrected chi connectivity index (χ0v) is 14.5. The zero-order valence-electron chi connectivity index (χ0n) is 12.9. The maximum absolute atomic E-state index is 12.4. The minimum absolute atomic E-state index is 0.0558. The Kier molecular flexibility index (Phi) is 5.19. The van der Waals surface area contributed by atoms with Crippen LogP contribution >= 0.6 is 15.9 Å². The van der Waals surface area contributed by atoms with Crippen molar-refractivity contribution >= 4 is 33.6 Å².